The Morgan fingerprint density at radius 1 is 1.54 bits per heavy atom. The van der Waals surface area contributed by atoms with Crippen molar-refractivity contribution in [2.45, 2.75) is 6.18 Å². The average Bonchev–Trinajstić information content (AvgIpc) is 2.29. The van der Waals surface area contributed by atoms with Crippen LogP contribution in [0.15, 0.2) is 10.9 Å². The van der Waals surface area contributed by atoms with Gasteiger partial charge in [-0.15, -0.1) is 0 Å². The van der Waals surface area contributed by atoms with E-state index in [2.05, 4.69) is 5.10 Å². The summed E-state index contributed by atoms with van der Waals surface area (Å²) in [6, 6.07) is 0. The molecule has 0 bridgehead atoms. The second-order valence-corrected chi connectivity index (χ2v) is 2.32. The van der Waals surface area contributed by atoms with Gasteiger partial charge in [0.05, 0.1) is 0 Å². The Bertz CT molecular complexity index is 373. The number of nitrogens with zero attached hydrogens (tertiary/aromatic N) is 2. The van der Waals surface area contributed by atoms with Gasteiger partial charge in [0.2, 0.25) is 0 Å². The van der Waals surface area contributed by atoms with Gasteiger partial charge in [0, 0.05) is 13.1 Å². The first-order valence-electron chi connectivity index (χ1n) is 3.27. The van der Waals surface area contributed by atoms with E-state index >= 15 is 0 Å². The van der Waals surface area contributed by atoms with E-state index in [9.17, 15) is 18.0 Å². The van der Waals surface area contributed by atoms with Crippen LogP contribution in [0, 0.1) is 0 Å². The zero-order valence-electron chi connectivity index (χ0n) is 6.59. The topological polar surface area (TPSA) is 50.7 Å². The van der Waals surface area contributed by atoms with Gasteiger partial charge >= 0.3 is 11.9 Å². The SMILES string of the molecule is Cn1c(/C=C/C(F)(F)F)n[nH]c1=O. The molecule has 1 aromatic rings. The van der Waals surface area contributed by atoms with Crippen LogP contribution in [0.1, 0.15) is 5.82 Å². The number of H-pyrrole nitrogens is 1. The quantitative estimate of drug-likeness (QED) is 0.713. The molecule has 0 aromatic carbocycles. The maximum atomic E-state index is 11.7. The van der Waals surface area contributed by atoms with Crippen LogP contribution in [0.5, 0.6) is 0 Å². The molecule has 13 heavy (non-hydrogen) atoms. The Balaban J connectivity index is 2.93. The van der Waals surface area contributed by atoms with Gasteiger partial charge in [-0.3, -0.25) is 4.57 Å². The highest BCUT2D eigenvalue weighted by Crippen LogP contribution is 2.16. The molecule has 0 aliphatic heterocycles. The van der Waals surface area contributed by atoms with Crippen molar-refractivity contribution in [2.75, 3.05) is 0 Å². The second-order valence-electron chi connectivity index (χ2n) is 2.32. The molecule has 0 amide bonds. The highest BCUT2D eigenvalue weighted by atomic mass is 19.4. The first-order chi connectivity index (χ1) is 5.90. The van der Waals surface area contributed by atoms with Crippen LogP contribution in [0.3, 0.4) is 0 Å². The van der Waals surface area contributed by atoms with E-state index in [1.807, 2.05) is 5.10 Å². The lowest BCUT2D eigenvalue weighted by atomic mass is 10.4. The van der Waals surface area contributed by atoms with Crippen molar-refractivity contribution in [2.24, 2.45) is 7.05 Å². The summed E-state index contributed by atoms with van der Waals surface area (Å²) in [7, 11) is 1.32. The highest BCUT2D eigenvalue weighted by molar-refractivity contribution is 5.40. The number of aromatic amines is 1. The van der Waals surface area contributed by atoms with Gasteiger partial charge in [0.1, 0.15) is 0 Å². The number of allylic oxidation sites excluding steroid dienone is 1. The molecule has 0 spiro atoms. The largest absolute Gasteiger partial charge is 0.409 e. The van der Waals surface area contributed by atoms with E-state index < -0.39 is 11.9 Å². The molecular weight excluding hydrogens is 187 g/mol. The minimum absolute atomic E-state index is 0.0165. The fraction of sp³-hybridized carbons (Fsp3) is 0.333. The number of hydrogen-bond acceptors (Lipinski definition) is 2. The van der Waals surface area contributed by atoms with Gasteiger partial charge in [0.25, 0.3) is 0 Å². The van der Waals surface area contributed by atoms with E-state index in [0.29, 0.717) is 0 Å². The van der Waals surface area contributed by atoms with Crippen molar-refractivity contribution in [3.8, 4) is 0 Å². The van der Waals surface area contributed by atoms with Crippen molar-refractivity contribution in [3.05, 3.63) is 22.4 Å². The van der Waals surface area contributed by atoms with Crippen LogP contribution in [-0.4, -0.2) is 20.9 Å². The van der Waals surface area contributed by atoms with Crippen molar-refractivity contribution in [1.29, 1.82) is 0 Å². The van der Waals surface area contributed by atoms with Crippen LogP contribution in [0.4, 0.5) is 13.2 Å². The van der Waals surface area contributed by atoms with Gasteiger partial charge in [0.15, 0.2) is 5.82 Å². The van der Waals surface area contributed by atoms with Gasteiger partial charge in [-0.05, 0) is 6.08 Å². The van der Waals surface area contributed by atoms with Crippen LogP contribution < -0.4 is 5.69 Å². The molecule has 0 saturated carbocycles. The van der Waals surface area contributed by atoms with Crippen molar-refractivity contribution in [3.63, 3.8) is 0 Å². The van der Waals surface area contributed by atoms with E-state index in [0.717, 1.165) is 10.6 Å². The Labute approximate surface area is 70.7 Å². The van der Waals surface area contributed by atoms with E-state index in [1.54, 1.807) is 0 Å². The molecule has 0 atom stereocenters. The lowest BCUT2D eigenvalue weighted by molar-refractivity contribution is -0.0790. The van der Waals surface area contributed by atoms with E-state index in [1.165, 1.54) is 7.05 Å². The lowest BCUT2D eigenvalue weighted by Crippen LogP contribution is -2.13. The normalized spacial score (nSPS) is 12.6. The summed E-state index contributed by atoms with van der Waals surface area (Å²) in [6.45, 7) is 0. The second kappa shape index (κ2) is 3.08. The zero-order chi connectivity index (χ0) is 10.1. The molecule has 1 N–H and O–H groups in total. The van der Waals surface area contributed by atoms with Crippen molar-refractivity contribution >= 4 is 6.08 Å². The smallest absolute Gasteiger partial charge is 0.279 e. The Morgan fingerprint density at radius 2 is 2.15 bits per heavy atom. The van der Waals surface area contributed by atoms with E-state index in [4.69, 9.17) is 0 Å². The molecule has 0 aliphatic carbocycles. The average molecular weight is 193 g/mol. The molecule has 0 radical (unpaired) electrons. The standard InChI is InChI=1S/C6H6F3N3O/c1-12-4(10-11-5(12)13)2-3-6(7,8)9/h2-3H,1H3,(H,11,13)/b3-2+. The monoisotopic (exact) mass is 193 g/mol. The van der Waals surface area contributed by atoms with Crippen LogP contribution in [-0.2, 0) is 7.05 Å². The van der Waals surface area contributed by atoms with Gasteiger partial charge in [-0.2, -0.15) is 18.3 Å². The number of alkyl halides is 3. The summed E-state index contributed by atoms with van der Waals surface area (Å²) < 4.78 is 36.0. The minimum Gasteiger partial charge on any atom is -0.279 e. The summed E-state index contributed by atoms with van der Waals surface area (Å²) in [4.78, 5) is 10.7. The third-order valence-electron chi connectivity index (χ3n) is 1.34. The summed E-state index contributed by atoms with van der Waals surface area (Å²) in [5.74, 6) is -0.0673. The fourth-order valence-corrected chi connectivity index (χ4v) is 0.677. The molecule has 0 unspecified atom stereocenters. The number of nitrogens with one attached hydrogen (secondary N) is 1. The van der Waals surface area contributed by atoms with Crippen LogP contribution >= 0.6 is 0 Å². The third-order valence-corrected chi connectivity index (χ3v) is 1.34. The number of halogens is 3. The lowest BCUT2D eigenvalue weighted by Gasteiger charge is -1.96. The molecule has 1 heterocycles. The summed E-state index contributed by atoms with van der Waals surface area (Å²) >= 11 is 0. The summed E-state index contributed by atoms with van der Waals surface area (Å²) in [5.41, 5.74) is -0.554. The molecule has 0 aliphatic rings. The molecule has 72 valence electrons. The highest BCUT2D eigenvalue weighted by Gasteiger charge is 2.22. The van der Waals surface area contributed by atoms with Gasteiger partial charge in [-0.1, -0.05) is 0 Å². The number of rotatable bonds is 1. The van der Waals surface area contributed by atoms with Crippen LogP contribution in [0.2, 0.25) is 0 Å². The molecular formula is C6H6F3N3O. The van der Waals surface area contributed by atoms with Gasteiger partial charge < -0.3 is 0 Å². The Morgan fingerprint density at radius 3 is 2.54 bits per heavy atom. The molecule has 1 rings (SSSR count). The summed E-state index contributed by atoms with van der Waals surface area (Å²) in [6.07, 6.45) is -3.66. The molecule has 0 fully saturated rings. The molecule has 4 nitrogen and oxygen atoms in total. The maximum absolute atomic E-state index is 11.7. The predicted octanol–water partition coefficient (Wildman–Crippen LogP) is 0.684. The first kappa shape index (κ1) is 9.56. The maximum Gasteiger partial charge on any atom is 0.409 e. The minimum atomic E-state index is -4.39. The van der Waals surface area contributed by atoms with Crippen molar-refractivity contribution < 1.29 is 13.2 Å². The summed E-state index contributed by atoms with van der Waals surface area (Å²) in [5, 5.41) is 5.37. The fourth-order valence-electron chi connectivity index (χ4n) is 0.677. The third kappa shape index (κ3) is 2.46. The van der Waals surface area contributed by atoms with Gasteiger partial charge in [-0.25, -0.2) is 9.89 Å². The number of aromatic nitrogens is 3. The van der Waals surface area contributed by atoms with Crippen molar-refractivity contribution in [1.82, 2.24) is 14.8 Å². The Kier molecular flexibility index (Phi) is 2.26. The van der Waals surface area contributed by atoms with Crippen LogP contribution in [0.25, 0.3) is 6.08 Å². The molecule has 0 saturated heterocycles. The molecule has 1 aromatic heterocycles. The molecule has 7 heteroatoms. The van der Waals surface area contributed by atoms with E-state index in [-0.39, 0.29) is 11.9 Å². The first-order valence-corrected chi connectivity index (χ1v) is 3.27. The Hall–Kier alpha value is -1.53. The predicted molar refractivity (Wildman–Crippen MR) is 38.9 cm³/mol. The number of hydrogen-bond donors (Lipinski definition) is 1. The zero-order valence-corrected chi connectivity index (χ0v) is 6.59.